The van der Waals surface area contributed by atoms with E-state index >= 15 is 0 Å². The van der Waals surface area contributed by atoms with E-state index in [1.54, 1.807) is 24.3 Å². The van der Waals surface area contributed by atoms with Crippen LogP contribution in [0.2, 0.25) is 0 Å². The Morgan fingerprint density at radius 1 is 0.879 bits per heavy atom. The molecule has 1 unspecified atom stereocenters. The first kappa shape index (κ1) is 24.0. The predicted octanol–water partition coefficient (Wildman–Crippen LogP) is 0.231. The SMILES string of the molecule is CC1CN(CC(=O)NC(=O)NCc2ccco2)CCN1CC(=O)NC(=O)NCc1ccco1. The van der Waals surface area contributed by atoms with Crippen LogP contribution in [0.1, 0.15) is 18.4 Å². The molecule has 178 valence electrons. The summed E-state index contributed by atoms with van der Waals surface area (Å²) in [4.78, 5) is 51.9. The number of amides is 6. The van der Waals surface area contributed by atoms with Gasteiger partial charge in [-0.25, -0.2) is 9.59 Å². The quantitative estimate of drug-likeness (QED) is 0.437. The average molecular weight is 460 g/mol. The van der Waals surface area contributed by atoms with Gasteiger partial charge in [0.05, 0.1) is 38.7 Å². The van der Waals surface area contributed by atoms with Crippen LogP contribution in [-0.4, -0.2) is 72.4 Å². The molecule has 1 aliphatic heterocycles. The largest absolute Gasteiger partial charge is 0.467 e. The third-order valence-electron chi connectivity index (χ3n) is 5.08. The molecule has 0 radical (unpaired) electrons. The summed E-state index contributed by atoms with van der Waals surface area (Å²) in [6.07, 6.45) is 3.00. The van der Waals surface area contributed by atoms with Gasteiger partial charge in [0.25, 0.3) is 0 Å². The monoisotopic (exact) mass is 460 g/mol. The zero-order valence-electron chi connectivity index (χ0n) is 18.3. The Morgan fingerprint density at radius 2 is 1.42 bits per heavy atom. The highest BCUT2D eigenvalue weighted by atomic mass is 16.3. The van der Waals surface area contributed by atoms with Crippen molar-refractivity contribution in [3.63, 3.8) is 0 Å². The van der Waals surface area contributed by atoms with Gasteiger partial charge in [-0.2, -0.15) is 0 Å². The van der Waals surface area contributed by atoms with Crippen LogP contribution < -0.4 is 21.3 Å². The number of nitrogens with zero attached hydrogens (tertiary/aromatic N) is 2. The molecule has 4 N–H and O–H groups in total. The minimum absolute atomic E-state index is 0.0174. The van der Waals surface area contributed by atoms with E-state index in [4.69, 9.17) is 8.83 Å². The van der Waals surface area contributed by atoms with E-state index in [1.807, 2.05) is 16.7 Å². The van der Waals surface area contributed by atoms with Gasteiger partial charge in [0.15, 0.2) is 0 Å². The maximum Gasteiger partial charge on any atom is 0.321 e. The lowest BCUT2D eigenvalue weighted by Crippen LogP contribution is -2.56. The molecule has 6 amide bonds. The molecule has 2 aromatic heterocycles. The van der Waals surface area contributed by atoms with Crippen molar-refractivity contribution in [2.24, 2.45) is 0 Å². The zero-order chi connectivity index (χ0) is 23.6. The smallest absolute Gasteiger partial charge is 0.321 e. The molecule has 1 saturated heterocycles. The van der Waals surface area contributed by atoms with Gasteiger partial charge in [-0.05, 0) is 31.2 Å². The lowest BCUT2D eigenvalue weighted by molar-refractivity contribution is -0.124. The van der Waals surface area contributed by atoms with E-state index < -0.39 is 23.9 Å². The van der Waals surface area contributed by atoms with Gasteiger partial charge in [-0.3, -0.25) is 30.0 Å². The van der Waals surface area contributed by atoms with Gasteiger partial charge in [0.1, 0.15) is 11.5 Å². The van der Waals surface area contributed by atoms with Crippen molar-refractivity contribution >= 4 is 23.9 Å². The highest BCUT2D eigenvalue weighted by Crippen LogP contribution is 2.09. The molecule has 0 aromatic carbocycles. The summed E-state index contributed by atoms with van der Waals surface area (Å²) in [6, 6.07) is 5.66. The lowest BCUT2D eigenvalue weighted by atomic mass is 10.2. The van der Waals surface area contributed by atoms with Crippen LogP contribution in [0.5, 0.6) is 0 Å². The van der Waals surface area contributed by atoms with Crippen LogP contribution in [0.25, 0.3) is 0 Å². The van der Waals surface area contributed by atoms with E-state index in [2.05, 4.69) is 21.3 Å². The third-order valence-corrected chi connectivity index (χ3v) is 5.08. The van der Waals surface area contributed by atoms with Crippen LogP contribution in [0.3, 0.4) is 0 Å². The Kier molecular flexibility index (Phi) is 8.61. The molecule has 3 heterocycles. The van der Waals surface area contributed by atoms with Gasteiger partial charge in [-0.15, -0.1) is 0 Å². The first-order chi connectivity index (χ1) is 15.9. The average Bonchev–Trinajstić information content (AvgIpc) is 3.47. The molecule has 1 fully saturated rings. The standard InChI is InChI=1S/C21H28N6O6/c1-15-12-26(13-18(28)24-20(30)22-10-16-4-2-8-32-16)6-7-27(15)14-19(29)25-21(31)23-11-17-5-3-9-33-17/h2-5,8-9,15H,6-7,10-14H2,1H3,(H2,22,24,28,30)(H2,23,25,29,31). The topological polar surface area (TPSA) is 149 Å². The van der Waals surface area contributed by atoms with Crippen molar-refractivity contribution < 1.29 is 28.0 Å². The Bertz CT molecular complexity index is 929. The summed E-state index contributed by atoms with van der Waals surface area (Å²) in [5.41, 5.74) is 0. The number of rotatable bonds is 8. The fourth-order valence-corrected chi connectivity index (χ4v) is 3.42. The van der Waals surface area contributed by atoms with E-state index in [0.29, 0.717) is 31.2 Å². The molecule has 0 spiro atoms. The molecule has 1 atom stereocenters. The normalized spacial score (nSPS) is 16.7. The highest BCUT2D eigenvalue weighted by Gasteiger charge is 2.27. The summed E-state index contributed by atoms with van der Waals surface area (Å²) in [5, 5.41) is 9.69. The molecule has 2 aromatic rings. The molecule has 12 heteroatoms. The molecule has 0 saturated carbocycles. The summed E-state index contributed by atoms with van der Waals surface area (Å²) in [5.74, 6) is 0.333. The molecule has 12 nitrogen and oxygen atoms in total. The van der Waals surface area contributed by atoms with Crippen molar-refractivity contribution in [3.05, 3.63) is 48.3 Å². The number of carbonyl (C=O) groups excluding carboxylic acids is 4. The van der Waals surface area contributed by atoms with Crippen molar-refractivity contribution in [1.82, 2.24) is 31.1 Å². The number of hydrogen-bond acceptors (Lipinski definition) is 8. The highest BCUT2D eigenvalue weighted by molar-refractivity contribution is 5.95. The lowest BCUT2D eigenvalue weighted by Gasteiger charge is -2.39. The van der Waals surface area contributed by atoms with Gasteiger partial charge in [0.2, 0.25) is 11.8 Å². The molecule has 0 bridgehead atoms. The maximum atomic E-state index is 12.2. The number of carbonyl (C=O) groups is 4. The summed E-state index contributed by atoms with van der Waals surface area (Å²) >= 11 is 0. The number of furan rings is 2. The van der Waals surface area contributed by atoms with Crippen molar-refractivity contribution in [3.8, 4) is 0 Å². The molecule has 3 rings (SSSR count). The molecular formula is C21H28N6O6. The summed E-state index contributed by atoms with van der Waals surface area (Å²) in [7, 11) is 0. The van der Waals surface area contributed by atoms with Gasteiger partial charge < -0.3 is 19.5 Å². The molecule has 1 aliphatic rings. The Morgan fingerprint density at radius 3 is 1.91 bits per heavy atom. The Labute approximate surface area is 190 Å². The number of piperazine rings is 1. The van der Waals surface area contributed by atoms with E-state index in [1.165, 1.54) is 12.5 Å². The van der Waals surface area contributed by atoms with Gasteiger partial charge >= 0.3 is 12.1 Å². The Balaban J connectivity index is 1.32. The first-order valence-corrected chi connectivity index (χ1v) is 10.6. The first-order valence-electron chi connectivity index (χ1n) is 10.6. The minimum atomic E-state index is -0.593. The summed E-state index contributed by atoms with van der Waals surface area (Å²) < 4.78 is 10.2. The minimum Gasteiger partial charge on any atom is -0.467 e. The number of nitrogens with one attached hydrogen (secondary N) is 4. The van der Waals surface area contributed by atoms with Crippen LogP contribution >= 0.6 is 0 Å². The van der Waals surface area contributed by atoms with E-state index in [-0.39, 0.29) is 32.2 Å². The number of urea groups is 2. The van der Waals surface area contributed by atoms with Crippen molar-refractivity contribution in [2.75, 3.05) is 32.7 Å². The van der Waals surface area contributed by atoms with Gasteiger partial charge in [-0.1, -0.05) is 0 Å². The van der Waals surface area contributed by atoms with E-state index in [0.717, 1.165) is 0 Å². The third kappa shape index (κ3) is 8.09. The van der Waals surface area contributed by atoms with Crippen LogP contribution in [-0.2, 0) is 22.7 Å². The predicted molar refractivity (Wildman–Crippen MR) is 116 cm³/mol. The number of imide groups is 2. The second-order valence-electron chi connectivity index (χ2n) is 7.68. The fraction of sp³-hybridized carbons (Fsp3) is 0.429. The second kappa shape index (κ2) is 11.8. The molecule has 33 heavy (non-hydrogen) atoms. The maximum absolute atomic E-state index is 12.2. The molecular weight excluding hydrogens is 432 g/mol. The number of hydrogen-bond donors (Lipinski definition) is 4. The van der Waals surface area contributed by atoms with Crippen molar-refractivity contribution in [1.29, 1.82) is 0 Å². The van der Waals surface area contributed by atoms with Crippen LogP contribution in [0, 0.1) is 0 Å². The zero-order valence-corrected chi connectivity index (χ0v) is 18.3. The molecule has 0 aliphatic carbocycles. The van der Waals surface area contributed by atoms with E-state index in [9.17, 15) is 19.2 Å². The second-order valence-corrected chi connectivity index (χ2v) is 7.68. The van der Waals surface area contributed by atoms with Crippen LogP contribution in [0.15, 0.2) is 45.6 Å². The summed E-state index contributed by atoms with van der Waals surface area (Å²) in [6.45, 7) is 4.06. The fourth-order valence-electron chi connectivity index (χ4n) is 3.42. The Hall–Kier alpha value is -3.64. The van der Waals surface area contributed by atoms with Crippen molar-refractivity contribution in [2.45, 2.75) is 26.1 Å². The van der Waals surface area contributed by atoms with Crippen LogP contribution in [0.4, 0.5) is 9.59 Å². The van der Waals surface area contributed by atoms with Gasteiger partial charge in [0, 0.05) is 25.7 Å².